The van der Waals surface area contributed by atoms with Crippen LogP contribution in [0.25, 0.3) is 0 Å². The molecule has 1 unspecified atom stereocenters. The summed E-state index contributed by atoms with van der Waals surface area (Å²) in [6, 6.07) is 6.17. The van der Waals surface area contributed by atoms with Gasteiger partial charge in [-0.3, -0.25) is 14.5 Å². The first-order valence-corrected chi connectivity index (χ1v) is 12.1. The van der Waals surface area contributed by atoms with E-state index in [-0.39, 0.29) is 15.6 Å². The van der Waals surface area contributed by atoms with Gasteiger partial charge in [-0.2, -0.15) is 0 Å². The molecule has 0 bridgehead atoms. The zero-order chi connectivity index (χ0) is 24.0. The number of rotatable bonds is 5. The molecule has 2 aromatic heterocycles. The predicted octanol–water partition coefficient (Wildman–Crippen LogP) is 4.86. The number of aryl methyl sites for hydroxylation is 3. The smallest absolute Gasteiger partial charge is 0.350 e. The van der Waals surface area contributed by atoms with Gasteiger partial charge in [0.25, 0.3) is 5.91 Å². The highest BCUT2D eigenvalue weighted by Gasteiger charge is 2.46. The maximum atomic E-state index is 13.6. The maximum Gasteiger partial charge on any atom is 0.350 e. The predicted molar refractivity (Wildman–Crippen MR) is 128 cm³/mol. The molecule has 4 rings (SSSR count). The standard InChI is InChI=1S/C22H18BrN3O5S2/c1-9-18(32-11(3)24-9)16(27)14-15(12-6-5-7-13(23)8-12)26(20(29)17(14)28)22-25-10(2)19(33-22)21(30)31-4/h5-8,15,28H,1-4H3. The van der Waals surface area contributed by atoms with E-state index in [1.54, 1.807) is 39.0 Å². The molecule has 1 N–H and O–H groups in total. The number of ketones is 1. The molecule has 3 aromatic rings. The second-order valence-corrected chi connectivity index (χ2v) is 10.4. The molecule has 1 amide bonds. The van der Waals surface area contributed by atoms with Gasteiger partial charge in [0.15, 0.2) is 10.9 Å². The van der Waals surface area contributed by atoms with Crippen LogP contribution in [0.4, 0.5) is 5.13 Å². The number of thiazole rings is 2. The summed E-state index contributed by atoms with van der Waals surface area (Å²) in [5.74, 6) is -2.47. The number of aliphatic hydroxyl groups is 1. The van der Waals surface area contributed by atoms with Gasteiger partial charge in [0.05, 0.1) is 40.0 Å². The van der Waals surface area contributed by atoms with Crippen molar-refractivity contribution in [2.24, 2.45) is 0 Å². The Morgan fingerprint density at radius 1 is 1.12 bits per heavy atom. The Morgan fingerprint density at radius 2 is 1.82 bits per heavy atom. The first-order chi connectivity index (χ1) is 15.6. The van der Waals surface area contributed by atoms with Crippen LogP contribution < -0.4 is 4.90 Å². The molecule has 0 saturated heterocycles. The van der Waals surface area contributed by atoms with Crippen molar-refractivity contribution in [3.63, 3.8) is 0 Å². The van der Waals surface area contributed by atoms with Gasteiger partial charge in [0.2, 0.25) is 5.78 Å². The minimum absolute atomic E-state index is 0.0580. The molecule has 1 aromatic carbocycles. The second kappa shape index (κ2) is 8.81. The van der Waals surface area contributed by atoms with Crippen molar-refractivity contribution < 1.29 is 24.2 Å². The minimum Gasteiger partial charge on any atom is -0.503 e. The Kier molecular flexibility index (Phi) is 6.21. The van der Waals surface area contributed by atoms with Crippen LogP contribution in [-0.2, 0) is 9.53 Å². The Labute approximate surface area is 205 Å². The van der Waals surface area contributed by atoms with Gasteiger partial charge in [-0.15, -0.1) is 11.3 Å². The van der Waals surface area contributed by atoms with Crippen LogP contribution in [0.15, 0.2) is 40.1 Å². The number of anilines is 1. The largest absolute Gasteiger partial charge is 0.503 e. The summed E-state index contributed by atoms with van der Waals surface area (Å²) in [6.07, 6.45) is 0. The fraction of sp³-hybridized carbons (Fsp3) is 0.227. The third-order valence-corrected chi connectivity index (χ3v) is 7.79. The number of Topliss-reactive ketones (excluding diaryl/α,β-unsaturated/α-hetero) is 1. The number of nitrogens with zero attached hydrogens (tertiary/aromatic N) is 3. The van der Waals surface area contributed by atoms with E-state index in [2.05, 4.69) is 25.9 Å². The molecule has 0 spiro atoms. The zero-order valence-electron chi connectivity index (χ0n) is 18.0. The third-order valence-electron chi connectivity index (χ3n) is 5.09. The lowest BCUT2D eigenvalue weighted by Gasteiger charge is -2.24. The lowest BCUT2D eigenvalue weighted by Crippen LogP contribution is -2.31. The summed E-state index contributed by atoms with van der Waals surface area (Å²) in [5, 5.41) is 11.8. The second-order valence-electron chi connectivity index (χ2n) is 7.27. The minimum atomic E-state index is -0.944. The normalized spacial score (nSPS) is 16.0. The number of hydrogen-bond acceptors (Lipinski definition) is 9. The summed E-state index contributed by atoms with van der Waals surface area (Å²) < 4.78 is 5.54. The number of hydrogen-bond donors (Lipinski definition) is 1. The monoisotopic (exact) mass is 547 g/mol. The van der Waals surface area contributed by atoms with Crippen molar-refractivity contribution >= 4 is 61.4 Å². The first kappa shape index (κ1) is 23.3. The quantitative estimate of drug-likeness (QED) is 0.358. The number of ether oxygens (including phenoxy) is 1. The fourth-order valence-electron chi connectivity index (χ4n) is 3.66. The molecule has 1 atom stereocenters. The van der Waals surface area contributed by atoms with Gasteiger partial charge in [-0.05, 0) is 38.5 Å². The van der Waals surface area contributed by atoms with Crippen molar-refractivity contribution in [2.45, 2.75) is 26.8 Å². The van der Waals surface area contributed by atoms with E-state index in [4.69, 9.17) is 4.74 Å². The molecule has 8 nitrogen and oxygen atoms in total. The lowest BCUT2D eigenvalue weighted by atomic mass is 9.95. The Bertz CT molecular complexity index is 1340. The van der Waals surface area contributed by atoms with E-state index in [0.29, 0.717) is 26.8 Å². The van der Waals surface area contributed by atoms with Crippen molar-refractivity contribution in [1.82, 2.24) is 9.97 Å². The number of benzene rings is 1. The number of carbonyl (C=O) groups excluding carboxylic acids is 3. The molecule has 3 heterocycles. The number of carbonyl (C=O) groups is 3. The maximum absolute atomic E-state index is 13.6. The van der Waals surface area contributed by atoms with E-state index in [1.807, 2.05) is 6.07 Å². The van der Waals surface area contributed by atoms with Gasteiger partial charge in [0, 0.05) is 4.47 Å². The Hall–Kier alpha value is -2.89. The van der Waals surface area contributed by atoms with Crippen molar-refractivity contribution in [3.05, 3.63) is 71.8 Å². The number of aromatic nitrogens is 2. The molecule has 0 aliphatic carbocycles. The highest BCUT2D eigenvalue weighted by atomic mass is 79.9. The van der Waals surface area contributed by atoms with Gasteiger partial charge >= 0.3 is 5.97 Å². The third kappa shape index (κ3) is 4.00. The van der Waals surface area contributed by atoms with Gasteiger partial charge in [-0.25, -0.2) is 14.8 Å². The van der Waals surface area contributed by atoms with E-state index >= 15 is 0 Å². The lowest BCUT2D eigenvalue weighted by molar-refractivity contribution is -0.117. The Balaban J connectivity index is 1.90. The van der Waals surface area contributed by atoms with Crippen molar-refractivity contribution in [1.29, 1.82) is 0 Å². The first-order valence-electron chi connectivity index (χ1n) is 9.70. The Morgan fingerprint density at radius 3 is 2.42 bits per heavy atom. The molecule has 0 saturated carbocycles. The van der Waals surface area contributed by atoms with Crippen LogP contribution >= 0.6 is 38.6 Å². The van der Waals surface area contributed by atoms with Crippen LogP contribution in [0.5, 0.6) is 0 Å². The molecule has 1 aliphatic heterocycles. The number of amides is 1. The van der Waals surface area contributed by atoms with Crippen LogP contribution in [0.1, 0.15) is 47.3 Å². The highest BCUT2D eigenvalue weighted by molar-refractivity contribution is 9.10. The average Bonchev–Trinajstić information content (AvgIpc) is 3.40. The molecule has 170 valence electrons. The highest BCUT2D eigenvalue weighted by Crippen LogP contribution is 2.44. The van der Waals surface area contributed by atoms with Crippen LogP contribution in [-0.4, -0.2) is 39.8 Å². The van der Waals surface area contributed by atoms with Crippen molar-refractivity contribution in [2.75, 3.05) is 12.0 Å². The van der Waals surface area contributed by atoms with Crippen LogP contribution in [0, 0.1) is 20.8 Å². The average molecular weight is 548 g/mol. The summed E-state index contributed by atoms with van der Waals surface area (Å²) in [4.78, 5) is 49.5. The van der Waals surface area contributed by atoms with Gasteiger partial charge in [-0.1, -0.05) is 39.4 Å². The van der Waals surface area contributed by atoms with Crippen LogP contribution in [0.3, 0.4) is 0 Å². The van der Waals surface area contributed by atoms with E-state index < -0.39 is 29.5 Å². The van der Waals surface area contributed by atoms with E-state index in [9.17, 15) is 19.5 Å². The molecule has 0 radical (unpaired) electrons. The number of methoxy groups -OCH3 is 1. The topological polar surface area (TPSA) is 110 Å². The van der Waals surface area contributed by atoms with Crippen LogP contribution in [0.2, 0.25) is 0 Å². The van der Waals surface area contributed by atoms with Gasteiger partial charge in [0.1, 0.15) is 4.88 Å². The molecular weight excluding hydrogens is 530 g/mol. The van der Waals surface area contributed by atoms with Gasteiger partial charge < -0.3 is 9.84 Å². The fourth-order valence-corrected chi connectivity index (χ4v) is 5.96. The number of halogens is 1. The number of esters is 1. The summed E-state index contributed by atoms with van der Waals surface area (Å²) in [6.45, 7) is 5.13. The molecule has 33 heavy (non-hydrogen) atoms. The van der Waals surface area contributed by atoms with E-state index in [0.717, 1.165) is 15.8 Å². The summed E-state index contributed by atoms with van der Waals surface area (Å²) in [7, 11) is 1.26. The zero-order valence-corrected chi connectivity index (χ0v) is 21.2. The molecule has 0 fully saturated rings. The summed E-state index contributed by atoms with van der Waals surface area (Å²) in [5.41, 5.74) is 1.45. The number of aliphatic hydroxyl groups excluding tert-OH is 1. The molecule has 11 heteroatoms. The summed E-state index contributed by atoms with van der Waals surface area (Å²) >= 11 is 5.60. The molecular formula is C22H18BrN3O5S2. The van der Waals surface area contributed by atoms with E-state index in [1.165, 1.54) is 23.3 Å². The molecule has 1 aliphatic rings. The SMILES string of the molecule is COC(=O)c1sc(N2C(=O)C(O)=C(C(=O)c3sc(C)nc3C)C2c2cccc(Br)c2)nc1C. The van der Waals surface area contributed by atoms with Crippen molar-refractivity contribution in [3.8, 4) is 0 Å².